The Morgan fingerprint density at radius 2 is 2.33 bits per heavy atom. The van der Waals surface area contributed by atoms with Crippen LogP contribution in [-0.4, -0.2) is 15.8 Å². The maximum absolute atomic E-state index is 11.5. The van der Waals surface area contributed by atoms with Crippen LogP contribution in [-0.2, 0) is 4.79 Å². The molecule has 0 aliphatic heterocycles. The van der Waals surface area contributed by atoms with E-state index in [9.17, 15) is 4.79 Å². The van der Waals surface area contributed by atoms with Crippen molar-refractivity contribution >= 4 is 27.3 Å². The summed E-state index contributed by atoms with van der Waals surface area (Å²) < 4.78 is 1.04. The summed E-state index contributed by atoms with van der Waals surface area (Å²) in [6.45, 7) is 3.63. The number of hydrogen-bond acceptors (Lipinski definition) is 4. The number of rotatable bonds is 3. The SMILES string of the molecule is CCC(C(C)=O)c1ncnc2ccsc12. The zero-order chi connectivity index (χ0) is 10.8. The summed E-state index contributed by atoms with van der Waals surface area (Å²) in [4.78, 5) is 19.9. The van der Waals surface area contributed by atoms with Crippen molar-refractivity contribution < 1.29 is 4.79 Å². The van der Waals surface area contributed by atoms with Crippen LogP contribution in [0.3, 0.4) is 0 Å². The molecule has 2 heterocycles. The molecule has 2 aromatic rings. The summed E-state index contributed by atoms with van der Waals surface area (Å²) in [5, 5.41) is 1.98. The topological polar surface area (TPSA) is 42.9 Å². The first-order valence-corrected chi connectivity index (χ1v) is 5.80. The fraction of sp³-hybridized carbons (Fsp3) is 0.364. The molecule has 1 atom stereocenters. The monoisotopic (exact) mass is 220 g/mol. The summed E-state index contributed by atoms with van der Waals surface area (Å²) in [5.74, 6) is 0.0834. The third-order valence-electron chi connectivity index (χ3n) is 2.50. The molecule has 0 amide bonds. The van der Waals surface area contributed by atoms with Crippen LogP contribution < -0.4 is 0 Å². The summed E-state index contributed by atoms with van der Waals surface area (Å²) in [6, 6.07) is 1.96. The van der Waals surface area contributed by atoms with Crippen molar-refractivity contribution in [3.63, 3.8) is 0 Å². The Hall–Kier alpha value is -1.29. The molecule has 15 heavy (non-hydrogen) atoms. The van der Waals surface area contributed by atoms with Gasteiger partial charge in [-0.25, -0.2) is 9.97 Å². The van der Waals surface area contributed by atoms with Gasteiger partial charge in [-0.15, -0.1) is 11.3 Å². The van der Waals surface area contributed by atoms with Gasteiger partial charge in [0.2, 0.25) is 0 Å². The molecular weight excluding hydrogens is 208 g/mol. The molecule has 3 nitrogen and oxygen atoms in total. The lowest BCUT2D eigenvalue weighted by Crippen LogP contribution is -2.09. The van der Waals surface area contributed by atoms with E-state index < -0.39 is 0 Å². The van der Waals surface area contributed by atoms with Crippen molar-refractivity contribution in [1.82, 2.24) is 9.97 Å². The third-order valence-corrected chi connectivity index (χ3v) is 3.43. The van der Waals surface area contributed by atoms with Gasteiger partial charge >= 0.3 is 0 Å². The molecule has 78 valence electrons. The number of Topliss-reactive ketones (excluding diaryl/α,β-unsaturated/α-hetero) is 1. The number of nitrogens with zero attached hydrogens (tertiary/aromatic N) is 2. The zero-order valence-electron chi connectivity index (χ0n) is 8.73. The summed E-state index contributed by atoms with van der Waals surface area (Å²) in [6.07, 6.45) is 2.33. The van der Waals surface area contributed by atoms with Gasteiger partial charge in [-0.1, -0.05) is 6.92 Å². The number of thiophene rings is 1. The van der Waals surface area contributed by atoms with Gasteiger partial charge in [0.15, 0.2) is 0 Å². The van der Waals surface area contributed by atoms with Crippen molar-refractivity contribution in [2.24, 2.45) is 0 Å². The van der Waals surface area contributed by atoms with Crippen LogP contribution in [0.2, 0.25) is 0 Å². The maximum Gasteiger partial charge on any atom is 0.138 e. The van der Waals surface area contributed by atoms with Gasteiger partial charge in [0.25, 0.3) is 0 Å². The molecule has 0 spiro atoms. The quantitative estimate of drug-likeness (QED) is 0.798. The number of fused-ring (bicyclic) bond motifs is 1. The molecule has 0 N–H and O–H groups in total. The van der Waals surface area contributed by atoms with E-state index in [1.165, 1.54) is 6.33 Å². The van der Waals surface area contributed by atoms with Gasteiger partial charge in [-0.3, -0.25) is 4.79 Å². The first-order valence-electron chi connectivity index (χ1n) is 4.92. The molecule has 2 aromatic heterocycles. The molecular formula is C11H12N2OS. The molecule has 0 fully saturated rings. The lowest BCUT2D eigenvalue weighted by Gasteiger charge is -2.10. The first-order chi connectivity index (χ1) is 7.24. The highest BCUT2D eigenvalue weighted by atomic mass is 32.1. The van der Waals surface area contributed by atoms with E-state index in [2.05, 4.69) is 9.97 Å². The number of carbonyl (C=O) groups excluding carboxylic acids is 1. The maximum atomic E-state index is 11.5. The van der Waals surface area contributed by atoms with E-state index in [0.29, 0.717) is 0 Å². The van der Waals surface area contributed by atoms with Gasteiger partial charge < -0.3 is 0 Å². The summed E-state index contributed by atoms with van der Waals surface area (Å²) in [5.41, 5.74) is 1.81. The first kappa shape index (κ1) is 10.2. The third kappa shape index (κ3) is 1.77. The Balaban J connectivity index is 2.59. The molecule has 0 bridgehead atoms. The minimum absolute atomic E-state index is 0.0888. The lowest BCUT2D eigenvalue weighted by atomic mass is 9.98. The minimum atomic E-state index is -0.0888. The number of ketones is 1. The molecule has 0 aromatic carbocycles. The molecule has 4 heteroatoms. The highest BCUT2D eigenvalue weighted by molar-refractivity contribution is 7.17. The largest absolute Gasteiger partial charge is 0.299 e. The molecule has 1 unspecified atom stereocenters. The van der Waals surface area contributed by atoms with E-state index in [0.717, 1.165) is 22.3 Å². The zero-order valence-corrected chi connectivity index (χ0v) is 9.54. The second-order valence-electron chi connectivity index (χ2n) is 3.47. The molecule has 2 rings (SSSR count). The molecule has 0 aliphatic rings. The van der Waals surface area contributed by atoms with Crippen LogP contribution in [0.4, 0.5) is 0 Å². The van der Waals surface area contributed by atoms with E-state index in [1.54, 1.807) is 18.3 Å². The molecule has 0 saturated carbocycles. The van der Waals surface area contributed by atoms with Crippen molar-refractivity contribution in [3.05, 3.63) is 23.5 Å². The Kier molecular flexibility index (Phi) is 2.77. The highest BCUT2D eigenvalue weighted by Crippen LogP contribution is 2.28. The molecule has 0 saturated heterocycles. The van der Waals surface area contributed by atoms with Gasteiger partial charge in [0.1, 0.15) is 12.1 Å². The van der Waals surface area contributed by atoms with Gasteiger partial charge in [0.05, 0.1) is 21.8 Å². The van der Waals surface area contributed by atoms with Crippen molar-refractivity contribution in [2.45, 2.75) is 26.2 Å². The van der Waals surface area contributed by atoms with Crippen molar-refractivity contribution in [3.8, 4) is 0 Å². The molecule has 0 radical (unpaired) electrons. The van der Waals surface area contributed by atoms with Gasteiger partial charge in [-0.05, 0) is 24.8 Å². The average molecular weight is 220 g/mol. The van der Waals surface area contributed by atoms with Crippen LogP contribution in [0.15, 0.2) is 17.8 Å². The average Bonchev–Trinajstić information content (AvgIpc) is 2.66. The second-order valence-corrected chi connectivity index (χ2v) is 4.38. The normalized spacial score (nSPS) is 12.9. The summed E-state index contributed by atoms with van der Waals surface area (Å²) in [7, 11) is 0. The predicted octanol–water partition coefficient (Wildman–Crippen LogP) is 2.77. The molecule has 0 aliphatic carbocycles. The van der Waals surface area contributed by atoms with Gasteiger partial charge in [0, 0.05) is 0 Å². The van der Waals surface area contributed by atoms with E-state index in [-0.39, 0.29) is 11.7 Å². The smallest absolute Gasteiger partial charge is 0.138 e. The second kappa shape index (κ2) is 4.06. The summed E-state index contributed by atoms with van der Waals surface area (Å²) >= 11 is 1.60. The van der Waals surface area contributed by atoms with E-state index >= 15 is 0 Å². The van der Waals surface area contributed by atoms with Crippen molar-refractivity contribution in [2.75, 3.05) is 0 Å². The van der Waals surface area contributed by atoms with E-state index in [4.69, 9.17) is 0 Å². The Morgan fingerprint density at radius 1 is 1.53 bits per heavy atom. The lowest BCUT2D eigenvalue weighted by molar-refractivity contribution is -0.118. The minimum Gasteiger partial charge on any atom is -0.299 e. The van der Waals surface area contributed by atoms with Crippen LogP contribution in [0.1, 0.15) is 31.9 Å². The van der Waals surface area contributed by atoms with E-state index in [1.807, 2.05) is 18.4 Å². The fourth-order valence-corrected chi connectivity index (χ4v) is 2.62. The highest BCUT2D eigenvalue weighted by Gasteiger charge is 2.19. The Labute approximate surface area is 92.2 Å². The van der Waals surface area contributed by atoms with Crippen LogP contribution in [0.5, 0.6) is 0 Å². The van der Waals surface area contributed by atoms with Crippen LogP contribution >= 0.6 is 11.3 Å². The number of aromatic nitrogens is 2. The Bertz CT molecular complexity index is 492. The fourth-order valence-electron chi connectivity index (χ4n) is 1.73. The number of carbonyl (C=O) groups is 1. The standard InChI is InChI=1S/C11H12N2OS/c1-3-8(7(2)14)10-11-9(4-5-15-11)12-6-13-10/h4-6,8H,3H2,1-2H3. The van der Waals surface area contributed by atoms with Crippen LogP contribution in [0.25, 0.3) is 10.2 Å². The van der Waals surface area contributed by atoms with Crippen LogP contribution in [0, 0.1) is 0 Å². The predicted molar refractivity (Wildman–Crippen MR) is 61.1 cm³/mol. The number of hydrogen-bond donors (Lipinski definition) is 0. The van der Waals surface area contributed by atoms with Crippen molar-refractivity contribution in [1.29, 1.82) is 0 Å². The Morgan fingerprint density at radius 3 is 3.00 bits per heavy atom. The van der Waals surface area contributed by atoms with Gasteiger partial charge in [-0.2, -0.15) is 0 Å².